The summed E-state index contributed by atoms with van der Waals surface area (Å²) in [6.07, 6.45) is -0.0341. The van der Waals surface area contributed by atoms with Crippen LogP contribution in [0.25, 0.3) is 0 Å². The first kappa shape index (κ1) is 13.8. The van der Waals surface area contributed by atoms with Gasteiger partial charge in [-0.15, -0.1) is 0 Å². The highest BCUT2D eigenvalue weighted by atomic mass is 19.1. The number of carbonyl (C=O) groups excluding carboxylic acids is 1. The molecule has 1 fully saturated rings. The van der Waals surface area contributed by atoms with Crippen molar-refractivity contribution in [2.24, 2.45) is 0 Å². The molecule has 108 valence electrons. The van der Waals surface area contributed by atoms with Crippen molar-refractivity contribution in [1.82, 2.24) is 4.90 Å². The second-order valence-electron chi connectivity index (χ2n) is 5.08. The maximum atomic E-state index is 13.6. The maximum absolute atomic E-state index is 13.6. The molecule has 1 atom stereocenters. The number of carbonyl (C=O) groups is 1. The molecule has 1 amide bonds. The van der Waals surface area contributed by atoms with Crippen LogP contribution in [0, 0.1) is 5.82 Å². The Hall–Kier alpha value is -2.20. The Balaban J connectivity index is 1.64. The summed E-state index contributed by atoms with van der Waals surface area (Å²) in [5.74, 6) is -0.455. The van der Waals surface area contributed by atoms with Crippen LogP contribution in [0.4, 0.5) is 4.39 Å². The fourth-order valence-corrected chi connectivity index (χ4v) is 2.45. The quantitative estimate of drug-likeness (QED) is 0.868. The van der Waals surface area contributed by atoms with Gasteiger partial charge in [-0.25, -0.2) is 4.39 Å². The van der Waals surface area contributed by atoms with Crippen molar-refractivity contribution in [3.05, 3.63) is 71.5 Å². The van der Waals surface area contributed by atoms with Crippen LogP contribution < -0.4 is 0 Å². The van der Waals surface area contributed by atoms with Gasteiger partial charge in [0.1, 0.15) is 18.7 Å². The number of amides is 1. The number of hydrogen-bond donors (Lipinski definition) is 0. The predicted molar refractivity (Wildman–Crippen MR) is 77.0 cm³/mol. The van der Waals surface area contributed by atoms with E-state index in [9.17, 15) is 9.18 Å². The van der Waals surface area contributed by atoms with Gasteiger partial charge in [-0.3, -0.25) is 4.79 Å². The number of ether oxygens (including phenoxy) is 1. The van der Waals surface area contributed by atoms with Gasteiger partial charge in [0.05, 0.1) is 13.0 Å². The Kier molecular flexibility index (Phi) is 3.97. The van der Waals surface area contributed by atoms with Gasteiger partial charge in [0.2, 0.25) is 5.91 Å². The van der Waals surface area contributed by atoms with E-state index in [-0.39, 0.29) is 31.0 Å². The molecule has 1 unspecified atom stereocenters. The Morgan fingerprint density at radius 1 is 1.14 bits per heavy atom. The van der Waals surface area contributed by atoms with Crippen LogP contribution in [0.2, 0.25) is 0 Å². The zero-order valence-corrected chi connectivity index (χ0v) is 11.5. The number of rotatable bonds is 3. The fraction of sp³-hybridized carbons (Fsp3) is 0.235. The lowest BCUT2D eigenvalue weighted by Gasteiger charge is -2.14. The number of nitrogens with zero attached hydrogens (tertiary/aromatic N) is 1. The van der Waals surface area contributed by atoms with E-state index in [0.29, 0.717) is 12.1 Å². The molecular formula is C17H16FNO2. The maximum Gasteiger partial charge on any atom is 0.229 e. The largest absolute Gasteiger partial charge is 0.351 e. The average molecular weight is 285 g/mol. The third-order valence-electron chi connectivity index (χ3n) is 3.64. The average Bonchev–Trinajstić information content (AvgIpc) is 3.00. The molecule has 0 radical (unpaired) electrons. The molecule has 1 aliphatic heterocycles. The number of benzene rings is 2. The van der Waals surface area contributed by atoms with Gasteiger partial charge in [-0.05, 0) is 17.2 Å². The van der Waals surface area contributed by atoms with E-state index in [1.54, 1.807) is 23.1 Å². The number of hydrogen-bond acceptors (Lipinski definition) is 2. The molecule has 0 aromatic heterocycles. The van der Waals surface area contributed by atoms with Crippen LogP contribution >= 0.6 is 0 Å². The summed E-state index contributed by atoms with van der Waals surface area (Å²) < 4.78 is 19.2. The summed E-state index contributed by atoms with van der Waals surface area (Å²) in [5, 5.41) is 0. The standard InChI is InChI=1S/C17H16FNO2/c18-15-9-5-4-8-14(15)10-17(20)19-11-16(21-12-19)13-6-2-1-3-7-13/h1-9,16H,10-12H2. The van der Waals surface area contributed by atoms with E-state index in [4.69, 9.17) is 4.74 Å². The first-order chi connectivity index (χ1) is 10.2. The highest BCUT2D eigenvalue weighted by molar-refractivity contribution is 5.79. The number of halogens is 1. The summed E-state index contributed by atoms with van der Waals surface area (Å²) in [7, 11) is 0. The van der Waals surface area contributed by atoms with Crippen molar-refractivity contribution in [2.45, 2.75) is 12.5 Å². The van der Waals surface area contributed by atoms with Gasteiger partial charge in [0, 0.05) is 0 Å². The summed E-state index contributed by atoms with van der Waals surface area (Å²) in [6, 6.07) is 16.2. The molecule has 3 rings (SSSR count). The lowest BCUT2D eigenvalue weighted by molar-refractivity contribution is -0.130. The first-order valence-corrected chi connectivity index (χ1v) is 6.92. The SMILES string of the molecule is O=C(Cc1ccccc1F)N1COC(c2ccccc2)C1. The zero-order valence-electron chi connectivity index (χ0n) is 11.5. The lowest BCUT2D eigenvalue weighted by Crippen LogP contribution is -2.30. The lowest BCUT2D eigenvalue weighted by atomic mass is 10.1. The molecule has 2 aromatic carbocycles. The van der Waals surface area contributed by atoms with Gasteiger partial charge in [-0.1, -0.05) is 48.5 Å². The van der Waals surface area contributed by atoms with E-state index in [1.807, 2.05) is 30.3 Å². The molecule has 0 N–H and O–H groups in total. The van der Waals surface area contributed by atoms with E-state index < -0.39 is 0 Å². The minimum Gasteiger partial charge on any atom is -0.351 e. The third kappa shape index (κ3) is 3.11. The Morgan fingerprint density at radius 3 is 2.62 bits per heavy atom. The molecule has 1 heterocycles. The first-order valence-electron chi connectivity index (χ1n) is 6.92. The minimum absolute atomic E-state index is 0.0670. The summed E-state index contributed by atoms with van der Waals surface area (Å²) in [4.78, 5) is 13.9. The minimum atomic E-state index is -0.342. The van der Waals surface area contributed by atoms with Crippen LogP contribution in [0.5, 0.6) is 0 Å². The zero-order chi connectivity index (χ0) is 14.7. The predicted octanol–water partition coefficient (Wildman–Crippen LogP) is 2.93. The Labute approximate surface area is 123 Å². The molecule has 21 heavy (non-hydrogen) atoms. The second kappa shape index (κ2) is 6.06. The van der Waals surface area contributed by atoms with Crippen molar-refractivity contribution in [1.29, 1.82) is 0 Å². The summed E-state index contributed by atoms with van der Waals surface area (Å²) in [6.45, 7) is 0.768. The molecule has 3 nitrogen and oxygen atoms in total. The Morgan fingerprint density at radius 2 is 1.86 bits per heavy atom. The molecule has 4 heteroatoms. The highest BCUT2D eigenvalue weighted by Crippen LogP contribution is 2.24. The van der Waals surface area contributed by atoms with Crippen LogP contribution in [-0.2, 0) is 16.0 Å². The van der Waals surface area contributed by atoms with Crippen LogP contribution in [0.3, 0.4) is 0 Å². The smallest absolute Gasteiger partial charge is 0.229 e. The van der Waals surface area contributed by atoms with Gasteiger partial charge >= 0.3 is 0 Å². The van der Waals surface area contributed by atoms with Crippen molar-refractivity contribution in [3.8, 4) is 0 Å². The van der Waals surface area contributed by atoms with Crippen molar-refractivity contribution in [2.75, 3.05) is 13.3 Å². The molecule has 2 aromatic rings. The molecule has 1 saturated heterocycles. The normalized spacial score (nSPS) is 18.0. The van der Waals surface area contributed by atoms with Gasteiger partial charge in [0.15, 0.2) is 0 Å². The van der Waals surface area contributed by atoms with E-state index in [0.717, 1.165) is 5.56 Å². The summed E-state index contributed by atoms with van der Waals surface area (Å²) in [5.41, 5.74) is 1.48. The molecule has 0 spiro atoms. The third-order valence-corrected chi connectivity index (χ3v) is 3.64. The molecule has 1 aliphatic rings. The van der Waals surface area contributed by atoms with Crippen molar-refractivity contribution >= 4 is 5.91 Å². The van der Waals surface area contributed by atoms with E-state index in [2.05, 4.69) is 0 Å². The molecule has 0 bridgehead atoms. The summed E-state index contributed by atoms with van der Waals surface area (Å²) >= 11 is 0. The van der Waals surface area contributed by atoms with Gasteiger partial charge in [-0.2, -0.15) is 0 Å². The molecule has 0 saturated carbocycles. The van der Waals surface area contributed by atoms with E-state index in [1.165, 1.54) is 6.07 Å². The van der Waals surface area contributed by atoms with Crippen LogP contribution in [-0.4, -0.2) is 24.1 Å². The second-order valence-corrected chi connectivity index (χ2v) is 5.08. The molecule has 0 aliphatic carbocycles. The monoisotopic (exact) mass is 285 g/mol. The van der Waals surface area contributed by atoms with Gasteiger partial charge in [0.25, 0.3) is 0 Å². The molecular weight excluding hydrogens is 269 g/mol. The Bertz CT molecular complexity index is 630. The van der Waals surface area contributed by atoms with Gasteiger partial charge < -0.3 is 9.64 Å². The van der Waals surface area contributed by atoms with Crippen LogP contribution in [0.15, 0.2) is 54.6 Å². The van der Waals surface area contributed by atoms with Crippen molar-refractivity contribution in [3.63, 3.8) is 0 Å². The van der Waals surface area contributed by atoms with E-state index >= 15 is 0 Å². The topological polar surface area (TPSA) is 29.5 Å². The highest BCUT2D eigenvalue weighted by Gasteiger charge is 2.28. The van der Waals surface area contributed by atoms with Crippen LogP contribution in [0.1, 0.15) is 17.2 Å². The fourth-order valence-electron chi connectivity index (χ4n) is 2.45. The van der Waals surface area contributed by atoms with Crippen molar-refractivity contribution < 1.29 is 13.9 Å².